The van der Waals surface area contributed by atoms with Crippen LogP contribution in [0.5, 0.6) is 0 Å². The number of pyridine rings is 1. The van der Waals surface area contributed by atoms with Gasteiger partial charge in [0.2, 0.25) is 0 Å². The molecule has 0 saturated heterocycles. The largest absolute Gasteiger partial charge is 0.356 e. The number of anilines is 1. The molecule has 0 aliphatic heterocycles. The Bertz CT molecular complexity index is 600. The number of nitrogens with one attached hydrogen (secondary N) is 1. The van der Waals surface area contributed by atoms with Gasteiger partial charge < -0.3 is 9.47 Å². The Kier molecular flexibility index (Phi) is 3.73. The van der Waals surface area contributed by atoms with Crippen LogP contribution in [0.2, 0.25) is 5.15 Å². The first kappa shape index (κ1) is 13.1. The third-order valence-corrected chi connectivity index (χ3v) is 3.94. The van der Waals surface area contributed by atoms with Crippen LogP contribution in [0, 0.1) is 12.3 Å². The zero-order chi connectivity index (χ0) is 13.3. The third kappa shape index (κ3) is 2.57. The van der Waals surface area contributed by atoms with Gasteiger partial charge in [-0.1, -0.05) is 17.7 Å². The molecule has 0 bridgehead atoms. The molecule has 0 saturated carbocycles. The molecule has 96 valence electrons. The second kappa shape index (κ2) is 5.12. The van der Waals surface area contributed by atoms with Crippen molar-refractivity contribution in [3.05, 3.63) is 38.7 Å². The molecule has 2 heterocycles. The van der Waals surface area contributed by atoms with Gasteiger partial charge in [-0.25, -0.2) is 4.98 Å². The first-order valence-corrected chi connectivity index (χ1v) is 6.71. The van der Waals surface area contributed by atoms with Crippen molar-refractivity contribution >= 4 is 28.8 Å². The highest BCUT2D eigenvalue weighted by Gasteiger charge is 2.11. The van der Waals surface area contributed by atoms with Gasteiger partial charge in [0.1, 0.15) is 11.0 Å². The molecule has 1 N–H and O–H groups in total. The lowest BCUT2D eigenvalue weighted by Crippen LogP contribution is -2.22. The number of halogens is 1. The summed E-state index contributed by atoms with van der Waals surface area (Å²) in [6.45, 7) is 2.78. The molecule has 0 spiro atoms. The highest BCUT2D eigenvalue weighted by molar-refractivity contribution is 7.09. The summed E-state index contributed by atoms with van der Waals surface area (Å²) < 4.78 is 1.89. The summed E-state index contributed by atoms with van der Waals surface area (Å²) in [7, 11) is 3.93. The Morgan fingerprint density at radius 2 is 2.22 bits per heavy atom. The van der Waals surface area contributed by atoms with Gasteiger partial charge in [0.05, 0.1) is 0 Å². The van der Waals surface area contributed by atoms with Crippen molar-refractivity contribution in [2.75, 3.05) is 11.9 Å². The summed E-state index contributed by atoms with van der Waals surface area (Å²) in [6, 6.07) is 3.76. The summed E-state index contributed by atoms with van der Waals surface area (Å²) in [5.74, 6) is 1.07. The van der Waals surface area contributed by atoms with Crippen molar-refractivity contribution in [2.24, 2.45) is 7.05 Å². The van der Waals surface area contributed by atoms with Gasteiger partial charge in [-0.15, -0.1) is 11.3 Å². The molecule has 0 unspecified atom stereocenters. The fourth-order valence-corrected chi connectivity index (χ4v) is 2.97. The third-order valence-electron chi connectivity index (χ3n) is 2.76. The average molecular weight is 283 g/mol. The van der Waals surface area contributed by atoms with Crippen LogP contribution in [-0.2, 0) is 13.6 Å². The zero-order valence-corrected chi connectivity index (χ0v) is 12.1. The Morgan fingerprint density at radius 1 is 1.50 bits per heavy atom. The van der Waals surface area contributed by atoms with Crippen molar-refractivity contribution in [3.63, 3.8) is 0 Å². The predicted molar refractivity (Wildman–Crippen MR) is 75.2 cm³/mol. The van der Waals surface area contributed by atoms with Crippen molar-refractivity contribution in [3.8, 4) is 0 Å². The number of hydrogen-bond acceptors (Lipinski definition) is 4. The van der Waals surface area contributed by atoms with E-state index in [2.05, 4.69) is 9.88 Å². The van der Waals surface area contributed by atoms with E-state index in [1.54, 1.807) is 12.3 Å². The lowest BCUT2D eigenvalue weighted by Gasteiger charge is -2.20. The molecule has 2 aromatic rings. The summed E-state index contributed by atoms with van der Waals surface area (Å²) in [4.78, 5) is 7.90. The smallest absolute Gasteiger partial charge is 0.183 e. The van der Waals surface area contributed by atoms with Crippen LogP contribution in [-0.4, -0.2) is 16.6 Å². The van der Waals surface area contributed by atoms with E-state index in [4.69, 9.17) is 17.0 Å². The summed E-state index contributed by atoms with van der Waals surface area (Å²) in [5, 5.41) is 8.31. The van der Waals surface area contributed by atoms with E-state index in [0.29, 0.717) is 9.95 Å². The maximum atomic E-state index is 7.81. The van der Waals surface area contributed by atoms with Crippen LogP contribution in [0.25, 0.3) is 0 Å². The van der Waals surface area contributed by atoms with Crippen molar-refractivity contribution in [2.45, 2.75) is 13.5 Å². The number of thiazole rings is 1. The molecule has 0 aromatic carbocycles. The highest BCUT2D eigenvalue weighted by atomic mass is 35.5. The molecule has 2 aromatic heterocycles. The molecular formula is C12H15ClN4S. The fourth-order valence-electron chi connectivity index (χ4n) is 1.97. The Hall–Kier alpha value is -1.33. The number of aromatic nitrogens is 2. The second-order valence-electron chi connectivity index (χ2n) is 4.19. The van der Waals surface area contributed by atoms with E-state index in [9.17, 15) is 0 Å². The average Bonchev–Trinajstić information content (AvgIpc) is 2.56. The minimum atomic E-state index is 0.507. The lowest BCUT2D eigenvalue weighted by molar-refractivity contribution is 0.787. The topological polar surface area (TPSA) is 44.9 Å². The molecule has 2 rings (SSSR count). The van der Waals surface area contributed by atoms with Crippen molar-refractivity contribution in [1.29, 1.82) is 5.41 Å². The van der Waals surface area contributed by atoms with E-state index < -0.39 is 0 Å². The van der Waals surface area contributed by atoms with Gasteiger partial charge in [0.15, 0.2) is 4.80 Å². The maximum Gasteiger partial charge on any atom is 0.183 e. The van der Waals surface area contributed by atoms with Crippen LogP contribution in [0.1, 0.15) is 10.4 Å². The molecule has 0 fully saturated rings. The second-order valence-corrected chi connectivity index (χ2v) is 5.78. The number of hydrogen-bond donors (Lipinski definition) is 1. The van der Waals surface area contributed by atoms with Gasteiger partial charge >= 0.3 is 0 Å². The quantitative estimate of drug-likeness (QED) is 0.880. The van der Waals surface area contributed by atoms with Gasteiger partial charge in [0, 0.05) is 31.7 Å². The predicted octanol–water partition coefficient (Wildman–Crippen LogP) is 2.56. The van der Waals surface area contributed by atoms with E-state index in [1.165, 1.54) is 11.3 Å². The number of nitrogens with zero attached hydrogens (tertiary/aromatic N) is 3. The summed E-state index contributed by atoms with van der Waals surface area (Å²) >= 11 is 7.26. The molecule has 0 atom stereocenters. The SMILES string of the molecule is Cc1sc(=N)n(C)c1N(C)Cc1ccc(Cl)nc1. The van der Waals surface area contributed by atoms with Crippen molar-refractivity contribution < 1.29 is 0 Å². The van der Waals surface area contributed by atoms with Gasteiger partial charge in [0.25, 0.3) is 0 Å². The monoisotopic (exact) mass is 282 g/mol. The van der Waals surface area contributed by atoms with E-state index in [1.807, 2.05) is 31.7 Å². The first-order valence-electron chi connectivity index (χ1n) is 5.51. The molecule has 18 heavy (non-hydrogen) atoms. The van der Waals surface area contributed by atoms with Gasteiger partial charge in [-0.05, 0) is 18.6 Å². The molecular weight excluding hydrogens is 268 g/mol. The summed E-state index contributed by atoms with van der Waals surface area (Å²) in [5.41, 5.74) is 1.10. The minimum absolute atomic E-state index is 0.507. The van der Waals surface area contributed by atoms with E-state index in [-0.39, 0.29) is 0 Å². The minimum Gasteiger partial charge on any atom is -0.356 e. The van der Waals surface area contributed by atoms with Gasteiger partial charge in [-0.2, -0.15) is 0 Å². The molecule has 0 radical (unpaired) electrons. The maximum absolute atomic E-state index is 7.81. The lowest BCUT2D eigenvalue weighted by atomic mass is 10.2. The normalized spacial score (nSPS) is 10.7. The van der Waals surface area contributed by atoms with Crippen molar-refractivity contribution in [1.82, 2.24) is 9.55 Å². The van der Waals surface area contributed by atoms with E-state index >= 15 is 0 Å². The molecule has 4 nitrogen and oxygen atoms in total. The van der Waals surface area contributed by atoms with Crippen LogP contribution in [0.3, 0.4) is 0 Å². The molecule has 0 aliphatic carbocycles. The van der Waals surface area contributed by atoms with Crippen LogP contribution < -0.4 is 9.70 Å². The molecule has 6 heteroatoms. The van der Waals surface area contributed by atoms with Crippen LogP contribution >= 0.6 is 22.9 Å². The highest BCUT2D eigenvalue weighted by Crippen LogP contribution is 2.21. The molecule has 0 amide bonds. The zero-order valence-electron chi connectivity index (χ0n) is 10.6. The Balaban J connectivity index is 2.24. The summed E-state index contributed by atoms with van der Waals surface area (Å²) in [6.07, 6.45) is 1.78. The van der Waals surface area contributed by atoms with E-state index in [0.717, 1.165) is 22.8 Å². The number of aryl methyl sites for hydroxylation is 1. The van der Waals surface area contributed by atoms with Crippen LogP contribution in [0.15, 0.2) is 18.3 Å². The number of rotatable bonds is 3. The fraction of sp³-hybridized carbons (Fsp3) is 0.333. The van der Waals surface area contributed by atoms with Crippen LogP contribution in [0.4, 0.5) is 5.82 Å². The first-order chi connectivity index (χ1) is 8.49. The van der Waals surface area contributed by atoms with Gasteiger partial charge in [-0.3, -0.25) is 5.41 Å². The Labute approximate surface area is 115 Å². The standard InChI is InChI=1S/C12H15ClN4S/c1-8-11(17(3)12(14)18-8)16(2)7-9-4-5-10(13)15-6-9/h4-6,14H,7H2,1-3H3. The molecule has 0 aliphatic rings. The Morgan fingerprint density at radius 3 is 2.72 bits per heavy atom.